The number of hydrogen-bond acceptors (Lipinski definition) is 9. The maximum absolute atomic E-state index is 13.1. The number of allylic oxidation sites excluding steroid dienone is 1. The zero-order chi connectivity index (χ0) is 23.5. The quantitative estimate of drug-likeness (QED) is 0.303. The second kappa shape index (κ2) is 9.22. The van der Waals surface area contributed by atoms with Crippen molar-refractivity contribution in [3.8, 4) is 17.7 Å². The van der Waals surface area contributed by atoms with Crippen LogP contribution in [0.5, 0.6) is 0 Å². The number of fused-ring (bicyclic) bond motifs is 1. The highest BCUT2D eigenvalue weighted by molar-refractivity contribution is 7.99. The van der Waals surface area contributed by atoms with Crippen molar-refractivity contribution in [3.63, 3.8) is 0 Å². The van der Waals surface area contributed by atoms with Gasteiger partial charge in [-0.2, -0.15) is 5.26 Å². The average Bonchev–Trinajstić information content (AvgIpc) is 3.52. The highest BCUT2D eigenvalue weighted by Crippen LogP contribution is 2.40. The number of nitrogens with two attached hydrogens (primary N) is 1. The normalized spacial score (nSPS) is 12.6. The molecule has 1 aromatic carbocycles. The van der Waals surface area contributed by atoms with E-state index < -0.39 is 5.91 Å². The van der Waals surface area contributed by atoms with Crippen molar-refractivity contribution >= 4 is 34.8 Å². The van der Waals surface area contributed by atoms with Crippen LogP contribution in [0.1, 0.15) is 6.42 Å². The Morgan fingerprint density at radius 3 is 2.39 bits per heavy atom. The third-order valence-corrected chi connectivity index (χ3v) is 6.19. The first-order chi connectivity index (χ1) is 15.9. The Balaban J connectivity index is 1.58. The molecule has 10 nitrogen and oxygen atoms in total. The van der Waals surface area contributed by atoms with Gasteiger partial charge in [0.05, 0.1) is 23.4 Å². The molecule has 1 aliphatic heterocycles. The van der Waals surface area contributed by atoms with Crippen LogP contribution in [0.15, 0.2) is 63.6 Å². The van der Waals surface area contributed by atoms with Crippen LogP contribution in [-0.2, 0) is 16.1 Å². The fourth-order valence-electron chi connectivity index (χ4n) is 3.67. The number of ketones is 1. The molecule has 0 atom stereocenters. The van der Waals surface area contributed by atoms with Gasteiger partial charge < -0.3 is 20.0 Å². The molecular formula is C22H21N7O3S. The second-order valence-corrected chi connectivity index (χ2v) is 8.22. The zero-order valence-corrected chi connectivity index (χ0v) is 18.9. The molecule has 3 aromatic rings. The molecule has 0 fully saturated rings. The van der Waals surface area contributed by atoms with E-state index in [-0.39, 0.29) is 30.1 Å². The van der Waals surface area contributed by atoms with E-state index in [0.717, 1.165) is 23.1 Å². The van der Waals surface area contributed by atoms with E-state index in [2.05, 4.69) is 16.3 Å². The van der Waals surface area contributed by atoms with Crippen LogP contribution < -0.4 is 15.5 Å². The summed E-state index contributed by atoms with van der Waals surface area (Å²) < 4.78 is 7.09. The lowest BCUT2D eigenvalue weighted by Crippen LogP contribution is -2.26. The van der Waals surface area contributed by atoms with Crippen LogP contribution >= 0.6 is 11.8 Å². The molecule has 33 heavy (non-hydrogen) atoms. The van der Waals surface area contributed by atoms with Gasteiger partial charge in [0, 0.05) is 27.1 Å². The number of furan rings is 1. The summed E-state index contributed by atoms with van der Waals surface area (Å²) >= 11 is 1.14. The number of thioether (sulfide) groups is 1. The largest absolute Gasteiger partial charge is 0.461 e. The Bertz CT molecular complexity index is 1240. The summed E-state index contributed by atoms with van der Waals surface area (Å²) in [5, 5.41) is 18.5. The minimum atomic E-state index is -0.468. The van der Waals surface area contributed by atoms with Crippen molar-refractivity contribution < 1.29 is 14.0 Å². The summed E-state index contributed by atoms with van der Waals surface area (Å²) in [6, 6.07) is 13.2. The van der Waals surface area contributed by atoms with Crippen molar-refractivity contribution in [1.29, 1.82) is 5.26 Å². The minimum Gasteiger partial charge on any atom is -0.461 e. The van der Waals surface area contributed by atoms with Crippen molar-refractivity contribution in [2.24, 2.45) is 5.73 Å². The molecule has 3 heterocycles. The van der Waals surface area contributed by atoms with Crippen LogP contribution in [0.3, 0.4) is 0 Å². The number of para-hydroxylation sites is 2. The van der Waals surface area contributed by atoms with Crippen LogP contribution in [-0.4, -0.2) is 46.3 Å². The Hall–Kier alpha value is -4.04. The van der Waals surface area contributed by atoms with Crippen molar-refractivity contribution in [3.05, 3.63) is 54.1 Å². The number of nitriles is 1. The van der Waals surface area contributed by atoms with Gasteiger partial charge in [-0.3, -0.25) is 14.2 Å². The molecule has 0 radical (unpaired) electrons. The minimum absolute atomic E-state index is 0.0305. The Kier molecular flexibility index (Phi) is 6.19. The van der Waals surface area contributed by atoms with E-state index in [1.807, 2.05) is 48.2 Å². The SMILES string of the molecule is CN1C(=C(C#N)C(=O)CSc2nnc(-c3ccco3)n2CCC(N)=O)N(C)c2ccccc21. The topological polar surface area (TPSA) is 134 Å². The number of carbonyl (C=O) groups is 2. The molecule has 1 aliphatic rings. The van der Waals surface area contributed by atoms with Crippen LogP contribution in [0.25, 0.3) is 11.6 Å². The van der Waals surface area contributed by atoms with Gasteiger partial charge >= 0.3 is 0 Å². The number of benzene rings is 1. The van der Waals surface area contributed by atoms with Gasteiger partial charge in [0.2, 0.25) is 5.91 Å². The summed E-state index contributed by atoms with van der Waals surface area (Å²) in [5.74, 6) is 0.600. The number of carbonyl (C=O) groups excluding carboxylic acids is 2. The Morgan fingerprint density at radius 2 is 1.82 bits per heavy atom. The van der Waals surface area contributed by atoms with Gasteiger partial charge in [0.25, 0.3) is 0 Å². The lowest BCUT2D eigenvalue weighted by atomic mass is 10.2. The van der Waals surface area contributed by atoms with E-state index in [1.54, 1.807) is 16.7 Å². The third kappa shape index (κ3) is 4.20. The van der Waals surface area contributed by atoms with Gasteiger partial charge in [0.1, 0.15) is 17.5 Å². The van der Waals surface area contributed by atoms with Crippen LogP contribution in [0.2, 0.25) is 0 Å². The van der Waals surface area contributed by atoms with Crippen molar-refractivity contribution in [2.45, 2.75) is 18.1 Å². The summed E-state index contributed by atoms with van der Waals surface area (Å²) in [4.78, 5) is 28.1. The van der Waals surface area contributed by atoms with Gasteiger partial charge in [-0.1, -0.05) is 23.9 Å². The molecule has 0 aliphatic carbocycles. The molecular weight excluding hydrogens is 442 g/mol. The number of aromatic nitrogens is 3. The van der Waals surface area contributed by atoms with Crippen LogP contribution in [0, 0.1) is 11.3 Å². The molecule has 4 rings (SSSR count). The van der Waals surface area contributed by atoms with E-state index in [9.17, 15) is 14.9 Å². The zero-order valence-electron chi connectivity index (χ0n) is 18.1. The van der Waals surface area contributed by atoms with Crippen molar-refractivity contribution in [1.82, 2.24) is 14.8 Å². The standard InChI is InChI=1S/C22H21N7O3S/c1-27-15-6-3-4-7-16(15)28(2)21(27)14(12-23)17(30)13-33-22-26-25-20(18-8-5-11-32-18)29(22)10-9-19(24)31/h3-8,11H,9-10,13H2,1-2H3,(H2,24,31). The van der Waals surface area contributed by atoms with Gasteiger partial charge in [0.15, 0.2) is 22.5 Å². The fourth-order valence-corrected chi connectivity index (χ4v) is 4.50. The molecule has 11 heteroatoms. The molecule has 0 saturated heterocycles. The first-order valence-electron chi connectivity index (χ1n) is 10.0. The smallest absolute Gasteiger partial charge is 0.219 e. The molecule has 0 saturated carbocycles. The predicted molar refractivity (Wildman–Crippen MR) is 123 cm³/mol. The molecule has 0 spiro atoms. The number of hydrogen-bond donors (Lipinski definition) is 1. The first kappa shape index (κ1) is 22.2. The van der Waals surface area contributed by atoms with Crippen molar-refractivity contribution in [2.75, 3.05) is 29.6 Å². The molecule has 168 valence electrons. The summed E-state index contributed by atoms with van der Waals surface area (Å²) in [6.45, 7) is 0.238. The summed E-state index contributed by atoms with van der Waals surface area (Å²) in [7, 11) is 3.65. The average molecular weight is 464 g/mol. The van der Waals surface area contributed by atoms with Gasteiger partial charge in [-0.25, -0.2) is 0 Å². The van der Waals surface area contributed by atoms with E-state index in [4.69, 9.17) is 10.2 Å². The fraction of sp³-hybridized carbons (Fsp3) is 0.227. The number of amides is 1. The Labute approximate surface area is 194 Å². The molecule has 2 N–H and O–H groups in total. The second-order valence-electron chi connectivity index (χ2n) is 7.28. The van der Waals surface area contributed by atoms with Gasteiger partial charge in [-0.15, -0.1) is 10.2 Å². The maximum Gasteiger partial charge on any atom is 0.219 e. The number of primary amides is 1. The first-order valence-corrected chi connectivity index (χ1v) is 11.0. The molecule has 0 unspecified atom stereocenters. The summed E-state index contributed by atoms with van der Waals surface area (Å²) in [6.07, 6.45) is 1.59. The lowest BCUT2D eigenvalue weighted by molar-refractivity contribution is -0.118. The molecule has 0 bridgehead atoms. The summed E-state index contributed by atoms with van der Waals surface area (Å²) in [5.41, 5.74) is 7.19. The number of rotatable bonds is 8. The molecule has 2 aromatic heterocycles. The molecule has 1 amide bonds. The highest BCUT2D eigenvalue weighted by Gasteiger charge is 2.31. The third-order valence-electron chi connectivity index (χ3n) is 5.23. The van der Waals surface area contributed by atoms with Crippen LogP contribution in [0.4, 0.5) is 11.4 Å². The highest BCUT2D eigenvalue weighted by atomic mass is 32.2. The lowest BCUT2D eigenvalue weighted by Gasteiger charge is -2.19. The Morgan fingerprint density at radius 1 is 1.12 bits per heavy atom. The number of anilines is 2. The van der Waals surface area contributed by atoms with Gasteiger partial charge in [-0.05, 0) is 24.3 Å². The maximum atomic E-state index is 13.1. The monoisotopic (exact) mass is 463 g/mol. The predicted octanol–water partition coefficient (Wildman–Crippen LogP) is 2.40. The van der Waals surface area contributed by atoms with E-state index in [0.29, 0.717) is 22.6 Å². The van der Waals surface area contributed by atoms with E-state index >= 15 is 0 Å². The number of Topliss-reactive ketones (excluding diaryl/α,β-unsaturated/α-hetero) is 1. The number of nitrogens with zero attached hydrogens (tertiary/aromatic N) is 6. The van der Waals surface area contributed by atoms with E-state index in [1.165, 1.54) is 6.26 Å².